The summed E-state index contributed by atoms with van der Waals surface area (Å²) in [6.07, 6.45) is 2.10. The summed E-state index contributed by atoms with van der Waals surface area (Å²) < 4.78 is 5.45. The topological polar surface area (TPSA) is 41.6 Å². The second kappa shape index (κ2) is 7.46. The third-order valence-corrected chi connectivity index (χ3v) is 4.08. The first kappa shape index (κ1) is 15.8. The van der Waals surface area contributed by atoms with E-state index in [1.54, 1.807) is 7.11 Å². The Morgan fingerprint density at radius 3 is 2.95 bits per heavy atom. The summed E-state index contributed by atoms with van der Waals surface area (Å²) in [5, 5.41) is 3.33. The van der Waals surface area contributed by atoms with Crippen LogP contribution in [-0.4, -0.2) is 31.0 Å². The van der Waals surface area contributed by atoms with Crippen molar-refractivity contribution in [1.82, 2.24) is 10.2 Å². The van der Waals surface area contributed by atoms with Gasteiger partial charge >= 0.3 is 0 Å². The molecule has 1 heterocycles. The Balaban J connectivity index is 2.14. The highest BCUT2D eigenvalue weighted by Crippen LogP contribution is 2.25. The molecule has 1 unspecified atom stereocenters. The number of hydrogen-bond acceptors (Lipinski definition) is 3. The highest BCUT2D eigenvalue weighted by molar-refractivity contribution is 5.79. The lowest BCUT2D eigenvalue weighted by atomic mass is 9.98. The maximum absolute atomic E-state index is 12.3. The monoisotopic (exact) mass is 290 g/mol. The normalized spacial score (nSPS) is 18.9. The van der Waals surface area contributed by atoms with Gasteiger partial charge in [-0.2, -0.15) is 0 Å². The molecule has 1 aromatic carbocycles. The molecule has 2 rings (SSSR count). The van der Waals surface area contributed by atoms with Crippen LogP contribution in [0.3, 0.4) is 0 Å². The van der Waals surface area contributed by atoms with Gasteiger partial charge in [-0.15, -0.1) is 0 Å². The van der Waals surface area contributed by atoms with Crippen molar-refractivity contribution in [3.63, 3.8) is 0 Å². The van der Waals surface area contributed by atoms with Crippen LogP contribution in [0.25, 0.3) is 0 Å². The Kier molecular flexibility index (Phi) is 5.62. The van der Waals surface area contributed by atoms with Crippen molar-refractivity contribution in [3.8, 4) is 5.75 Å². The molecule has 1 aromatic rings. The van der Waals surface area contributed by atoms with Crippen molar-refractivity contribution in [1.29, 1.82) is 0 Å². The number of carbonyl (C=O) groups is 1. The van der Waals surface area contributed by atoms with Gasteiger partial charge in [0.25, 0.3) is 0 Å². The number of piperidine rings is 1. The lowest BCUT2D eigenvalue weighted by molar-refractivity contribution is -0.138. The van der Waals surface area contributed by atoms with Gasteiger partial charge in [0.1, 0.15) is 5.75 Å². The zero-order chi connectivity index (χ0) is 15.2. The molecule has 1 aliphatic rings. The number of ether oxygens (including phenoxy) is 1. The van der Waals surface area contributed by atoms with E-state index in [0.717, 1.165) is 43.8 Å². The number of methoxy groups -OCH3 is 1. The van der Waals surface area contributed by atoms with Crippen LogP contribution in [0.1, 0.15) is 37.8 Å². The Bertz CT molecular complexity index is 488. The summed E-state index contributed by atoms with van der Waals surface area (Å²) >= 11 is 0. The van der Waals surface area contributed by atoms with E-state index in [2.05, 4.69) is 24.4 Å². The minimum Gasteiger partial charge on any atom is -0.496 e. The van der Waals surface area contributed by atoms with Crippen LogP contribution in [-0.2, 0) is 17.9 Å². The fourth-order valence-electron chi connectivity index (χ4n) is 2.83. The predicted octanol–water partition coefficient (Wildman–Crippen LogP) is 2.56. The quantitative estimate of drug-likeness (QED) is 0.875. The number of carbonyl (C=O) groups excluding carboxylic acids is 1. The number of likely N-dealkylation sites (tertiary alicyclic amines) is 1. The summed E-state index contributed by atoms with van der Waals surface area (Å²) in [4.78, 5) is 14.2. The second-order valence-corrected chi connectivity index (χ2v) is 5.73. The van der Waals surface area contributed by atoms with Gasteiger partial charge in [-0.3, -0.25) is 4.79 Å². The molecule has 0 aliphatic carbocycles. The van der Waals surface area contributed by atoms with E-state index in [-0.39, 0.29) is 11.8 Å². The van der Waals surface area contributed by atoms with Gasteiger partial charge in [0.2, 0.25) is 5.91 Å². The van der Waals surface area contributed by atoms with Crippen LogP contribution >= 0.6 is 0 Å². The number of amides is 1. The lowest BCUT2D eigenvalue weighted by Crippen LogP contribution is -2.39. The Morgan fingerprint density at radius 1 is 1.43 bits per heavy atom. The van der Waals surface area contributed by atoms with Gasteiger partial charge in [-0.1, -0.05) is 19.9 Å². The van der Waals surface area contributed by atoms with Gasteiger partial charge in [-0.25, -0.2) is 0 Å². The van der Waals surface area contributed by atoms with Crippen molar-refractivity contribution in [2.45, 2.75) is 39.8 Å². The fourth-order valence-corrected chi connectivity index (χ4v) is 2.83. The largest absolute Gasteiger partial charge is 0.496 e. The van der Waals surface area contributed by atoms with E-state index in [9.17, 15) is 4.79 Å². The molecule has 1 aliphatic heterocycles. The molecule has 0 bridgehead atoms. The zero-order valence-electron chi connectivity index (χ0n) is 13.3. The molecule has 1 atom stereocenters. The van der Waals surface area contributed by atoms with Crippen molar-refractivity contribution >= 4 is 5.91 Å². The van der Waals surface area contributed by atoms with Gasteiger partial charge in [0.05, 0.1) is 7.11 Å². The molecule has 1 fully saturated rings. The first-order chi connectivity index (χ1) is 10.2. The number of benzene rings is 1. The van der Waals surface area contributed by atoms with E-state index in [4.69, 9.17) is 4.74 Å². The third-order valence-electron chi connectivity index (χ3n) is 4.08. The Labute approximate surface area is 127 Å². The summed E-state index contributed by atoms with van der Waals surface area (Å²) in [5.74, 6) is 1.27. The van der Waals surface area contributed by atoms with E-state index < -0.39 is 0 Å². The van der Waals surface area contributed by atoms with Crippen molar-refractivity contribution < 1.29 is 9.53 Å². The molecule has 4 heteroatoms. The van der Waals surface area contributed by atoms with Gasteiger partial charge in [0.15, 0.2) is 0 Å². The number of nitrogens with zero attached hydrogens (tertiary/aromatic N) is 1. The molecule has 1 N–H and O–H groups in total. The van der Waals surface area contributed by atoms with Crippen LogP contribution in [0.4, 0.5) is 0 Å². The maximum Gasteiger partial charge on any atom is 0.225 e. The molecule has 4 nitrogen and oxygen atoms in total. The zero-order valence-corrected chi connectivity index (χ0v) is 13.3. The molecular formula is C17H26N2O2. The van der Waals surface area contributed by atoms with Gasteiger partial charge in [0, 0.05) is 31.1 Å². The number of nitrogens with one attached hydrogen (secondary N) is 1. The van der Waals surface area contributed by atoms with Crippen molar-refractivity contribution in [2.24, 2.45) is 5.92 Å². The van der Waals surface area contributed by atoms with Crippen LogP contribution in [0.2, 0.25) is 0 Å². The fraction of sp³-hybridized carbons (Fsp3) is 0.588. The molecule has 116 valence electrons. The highest BCUT2D eigenvalue weighted by Gasteiger charge is 2.25. The predicted molar refractivity (Wildman–Crippen MR) is 84.2 cm³/mol. The van der Waals surface area contributed by atoms with E-state index in [1.165, 1.54) is 5.56 Å². The molecule has 1 amide bonds. The minimum absolute atomic E-state index is 0.148. The van der Waals surface area contributed by atoms with Crippen LogP contribution in [0, 0.1) is 5.92 Å². The summed E-state index contributed by atoms with van der Waals surface area (Å²) in [5.41, 5.74) is 2.32. The highest BCUT2D eigenvalue weighted by atomic mass is 16.5. The Morgan fingerprint density at radius 2 is 2.24 bits per heavy atom. The summed E-state index contributed by atoms with van der Waals surface area (Å²) in [7, 11) is 1.68. The van der Waals surface area contributed by atoms with E-state index in [1.807, 2.05) is 17.9 Å². The lowest BCUT2D eigenvalue weighted by Gasteiger charge is -2.31. The molecule has 0 radical (unpaired) electrons. The third kappa shape index (κ3) is 3.97. The SMILES string of the molecule is CCNCc1ccc(OC)c(CN2CCCC(C)C2=O)c1. The average Bonchev–Trinajstić information content (AvgIpc) is 2.50. The van der Waals surface area contributed by atoms with Gasteiger partial charge in [-0.05, 0) is 37.1 Å². The van der Waals surface area contributed by atoms with Crippen molar-refractivity contribution in [3.05, 3.63) is 29.3 Å². The summed E-state index contributed by atoms with van der Waals surface area (Å²) in [6, 6.07) is 6.22. The van der Waals surface area contributed by atoms with Crippen LogP contribution in [0.15, 0.2) is 18.2 Å². The summed E-state index contributed by atoms with van der Waals surface area (Å²) in [6.45, 7) is 7.41. The van der Waals surface area contributed by atoms with E-state index in [0.29, 0.717) is 6.54 Å². The molecule has 0 aromatic heterocycles. The first-order valence-electron chi connectivity index (χ1n) is 7.81. The standard InChI is InChI=1S/C17H26N2O2/c1-4-18-11-14-7-8-16(21-3)15(10-14)12-19-9-5-6-13(2)17(19)20/h7-8,10,13,18H,4-6,9,11-12H2,1-3H3. The smallest absolute Gasteiger partial charge is 0.225 e. The van der Waals surface area contributed by atoms with Gasteiger partial charge < -0.3 is 15.0 Å². The second-order valence-electron chi connectivity index (χ2n) is 5.73. The Hall–Kier alpha value is -1.55. The molecule has 0 spiro atoms. The maximum atomic E-state index is 12.3. The van der Waals surface area contributed by atoms with Crippen LogP contribution in [0.5, 0.6) is 5.75 Å². The molecule has 0 saturated carbocycles. The minimum atomic E-state index is 0.148. The molecule has 1 saturated heterocycles. The average molecular weight is 290 g/mol. The van der Waals surface area contributed by atoms with Crippen molar-refractivity contribution in [2.75, 3.05) is 20.2 Å². The van der Waals surface area contributed by atoms with Crippen LogP contribution < -0.4 is 10.1 Å². The molecular weight excluding hydrogens is 264 g/mol. The van der Waals surface area contributed by atoms with E-state index >= 15 is 0 Å². The molecule has 21 heavy (non-hydrogen) atoms. The first-order valence-corrected chi connectivity index (χ1v) is 7.81. The number of hydrogen-bond donors (Lipinski definition) is 1. The number of rotatable bonds is 6.